The van der Waals surface area contributed by atoms with Crippen LogP contribution in [0.1, 0.15) is 58.6 Å². The molecule has 1 aromatic heterocycles. The summed E-state index contributed by atoms with van der Waals surface area (Å²) in [6, 6.07) is 4.21. The molecule has 4 heteroatoms. The molecule has 1 heterocycles. The SMILES string of the molecule is CCCCN(CCCC)c1ccc(CNCCC)nn1. The van der Waals surface area contributed by atoms with E-state index in [-0.39, 0.29) is 0 Å². The van der Waals surface area contributed by atoms with Gasteiger partial charge in [0, 0.05) is 19.6 Å². The van der Waals surface area contributed by atoms with Gasteiger partial charge in [-0.25, -0.2) is 0 Å². The van der Waals surface area contributed by atoms with Crippen molar-refractivity contribution < 1.29 is 0 Å². The molecule has 4 nitrogen and oxygen atoms in total. The molecule has 0 saturated carbocycles. The third kappa shape index (κ3) is 6.33. The molecule has 0 atom stereocenters. The number of nitrogens with zero attached hydrogens (tertiary/aromatic N) is 3. The van der Waals surface area contributed by atoms with Gasteiger partial charge in [0.2, 0.25) is 0 Å². The number of nitrogens with one attached hydrogen (secondary N) is 1. The fraction of sp³-hybridized carbons (Fsp3) is 0.750. The summed E-state index contributed by atoms with van der Waals surface area (Å²) in [5.41, 5.74) is 1.02. The molecule has 0 bridgehead atoms. The average molecular weight is 278 g/mol. The quantitative estimate of drug-likeness (QED) is 0.630. The number of aromatic nitrogens is 2. The zero-order valence-electron chi connectivity index (χ0n) is 13.4. The van der Waals surface area contributed by atoms with Gasteiger partial charge in [-0.15, -0.1) is 5.10 Å². The summed E-state index contributed by atoms with van der Waals surface area (Å²) in [5, 5.41) is 12.1. The second-order valence-corrected chi connectivity index (χ2v) is 5.25. The van der Waals surface area contributed by atoms with Gasteiger partial charge in [-0.3, -0.25) is 0 Å². The molecule has 0 saturated heterocycles. The Morgan fingerprint density at radius 3 is 2.15 bits per heavy atom. The van der Waals surface area contributed by atoms with Crippen molar-refractivity contribution in [2.24, 2.45) is 0 Å². The lowest BCUT2D eigenvalue weighted by Crippen LogP contribution is -2.27. The van der Waals surface area contributed by atoms with Gasteiger partial charge in [0.25, 0.3) is 0 Å². The molecule has 1 aromatic rings. The summed E-state index contributed by atoms with van der Waals surface area (Å²) in [7, 11) is 0. The summed E-state index contributed by atoms with van der Waals surface area (Å²) < 4.78 is 0. The van der Waals surface area contributed by atoms with Crippen molar-refractivity contribution >= 4 is 5.82 Å². The number of hydrogen-bond donors (Lipinski definition) is 1. The van der Waals surface area contributed by atoms with Crippen LogP contribution in [-0.4, -0.2) is 29.8 Å². The molecule has 0 unspecified atom stereocenters. The minimum atomic E-state index is 0.811. The molecule has 0 fully saturated rings. The van der Waals surface area contributed by atoms with Gasteiger partial charge in [0.1, 0.15) is 0 Å². The van der Waals surface area contributed by atoms with Gasteiger partial charge >= 0.3 is 0 Å². The smallest absolute Gasteiger partial charge is 0.151 e. The maximum Gasteiger partial charge on any atom is 0.151 e. The maximum atomic E-state index is 4.40. The molecule has 1 rings (SSSR count). The van der Waals surface area contributed by atoms with Crippen LogP contribution in [0.25, 0.3) is 0 Å². The summed E-state index contributed by atoms with van der Waals surface area (Å²) in [5.74, 6) is 1.02. The van der Waals surface area contributed by atoms with E-state index in [0.29, 0.717) is 0 Å². The second-order valence-electron chi connectivity index (χ2n) is 5.25. The van der Waals surface area contributed by atoms with Crippen LogP contribution in [0.4, 0.5) is 5.82 Å². The van der Waals surface area contributed by atoms with E-state index in [4.69, 9.17) is 0 Å². The molecule has 0 spiro atoms. The number of hydrogen-bond acceptors (Lipinski definition) is 4. The first-order valence-electron chi connectivity index (χ1n) is 8.10. The first kappa shape index (κ1) is 16.9. The van der Waals surface area contributed by atoms with Crippen LogP contribution < -0.4 is 10.2 Å². The summed E-state index contributed by atoms with van der Waals surface area (Å²) in [6.45, 7) is 10.6. The van der Waals surface area contributed by atoms with E-state index in [1.807, 2.05) is 0 Å². The Balaban J connectivity index is 2.56. The Labute approximate surface area is 124 Å². The topological polar surface area (TPSA) is 41.0 Å². The van der Waals surface area contributed by atoms with E-state index in [1.54, 1.807) is 0 Å². The van der Waals surface area contributed by atoms with Gasteiger partial charge < -0.3 is 10.2 Å². The van der Waals surface area contributed by atoms with Gasteiger partial charge in [0.05, 0.1) is 5.69 Å². The van der Waals surface area contributed by atoms with E-state index in [2.05, 4.69) is 53.3 Å². The molecule has 1 N–H and O–H groups in total. The second kappa shape index (κ2) is 10.6. The molecule has 20 heavy (non-hydrogen) atoms. The van der Waals surface area contributed by atoms with E-state index < -0.39 is 0 Å². The van der Waals surface area contributed by atoms with Gasteiger partial charge in [0.15, 0.2) is 5.82 Å². The maximum absolute atomic E-state index is 4.40. The van der Waals surface area contributed by atoms with Crippen molar-refractivity contribution in [2.75, 3.05) is 24.5 Å². The van der Waals surface area contributed by atoms with Crippen LogP contribution in [0, 0.1) is 0 Å². The molecule has 0 amide bonds. The Morgan fingerprint density at radius 1 is 0.950 bits per heavy atom. The first-order chi connectivity index (χ1) is 9.81. The molecule has 0 aliphatic heterocycles. The van der Waals surface area contributed by atoms with Crippen LogP contribution in [0.2, 0.25) is 0 Å². The molecular formula is C16H30N4. The van der Waals surface area contributed by atoms with E-state index >= 15 is 0 Å². The average Bonchev–Trinajstić information content (AvgIpc) is 2.49. The first-order valence-corrected chi connectivity index (χ1v) is 8.10. The molecule has 114 valence electrons. The molecular weight excluding hydrogens is 248 g/mol. The van der Waals surface area contributed by atoms with Gasteiger partial charge in [-0.1, -0.05) is 33.6 Å². The highest BCUT2D eigenvalue weighted by Crippen LogP contribution is 2.12. The Kier molecular flexibility index (Phi) is 8.96. The van der Waals surface area contributed by atoms with Crippen molar-refractivity contribution in [3.8, 4) is 0 Å². The monoisotopic (exact) mass is 278 g/mol. The van der Waals surface area contributed by atoms with Crippen molar-refractivity contribution in [1.82, 2.24) is 15.5 Å². The molecule has 0 radical (unpaired) electrons. The van der Waals surface area contributed by atoms with Crippen LogP contribution in [0.3, 0.4) is 0 Å². The van der Waals surface area contributed by atoms with E-state index in [9.17, 15) is 0 Å². The minimum Gasteiger partial charge on any atom is -0.355 e. The van der Waals surface area contributed by atoms with Gasteiger partial charge in [-0.2, -0.15) is 5.10 Å². The lowest BCUT2D eigenvalue weighted by Gasteiger charge is -2.23. The van der Waals surface area contributed by atoms with Crippen LogP contribution >= 0.6 is 0 Å². The highest BCUT2D eigenvalue weighted by atomic mass is 15.3. The largest absolute Gasteiger partial charge is 0.355 e. The summed E-state index contributed by atoms with van der Waals surface area (Å²) >= 11 is 0. The predicted octanol–water partition coefficient (Wildman–Crippen LogP) is 3.38. The lowest BCUT2D eigenvalue weighted by atomic mass is 10.2. The van der Waals surface area contributed by atoms with Crippen molar-refractivity contribution in [3.63, 3.8) is 0 Å². The standard InChI is InChI=1S/C16H30N4/c1-4-7-12-20(13-8-5-2)16-10-9-15(18-19-16)14-17-11-6-3/h9-10,17H,4-8,11-14H2,1-3H3. The fourth-order valence-corrected chi connectivity index (χ4v) is 2.05. The Morgan fingerprint density at radius 2 is 1.65 bits per heavy atom. The number of unbranched alkanes of at least 4 members (excludes halogenated alkanes) is 2. The summed E-state index contributed by atoms with van der Waals surface area (Å²) in [4.78, 5) is 2.36. The number of anilines is 1. The van der Waals surface area contributed by atoms with Crippen LogP contribution in [-0.2, 0) is 6.54 Å². The van der Waals surface area contributed by atoms with E-state index in [0.717, 1.165) is 44.1 Å². The fourth-order valence-electron chi connectivity index (χ4n) is 2.05. The Bertz CT molecular complexity index is 329. The molecule has 0 aliphatic rings. The van der Waals surface area contributed by atoms with Crippen LogP contribution in [0.5, 0.6) is 0 Å². The highest BCUT2D eigenvalue weighted by molar-refractivity contribution is 5.37. The van der Waals surface area contributed by atoms with Crippen molar-refractivity contribution in [1.29, 1.82) is 0 Å². The van der Waals surface area contributed by atoms with E-state index in [1.165, 1.54) is 25.7 Å². The van der Waals surface area contributed by atoms with Crippen molar-refractivity contribution in [3.05, 3.63) is 17.8 Å². The lowest BCUT2D eigenvalue weighted by molar-refractivity contribution is 0.646. The molecule has 0 aliphatic carbocycles. The normalized spacial score (nSPS) is 10.8. The predicted molar refractivity (Wildman–Crippen MR) is 86.1 cm³/mol. The molecule has 0 aromatic carbocycles. The Hall–Kier alpha value is -1.16. The third-order valence-electron chi connectivity index (χ3n) is 3.33. The van der Waals surface area contributed by atoms with Crippen LogP contribution in [0.15, 0.2) is 12.1 Å². The third-order valence-corrected chi connectivity index (χ3v) is 3.33. The zero-order chi connectivity index (χ0) is 14.6. The van der Waals surface area contributed by atoms with Gasteiger partial charge in [-0.05, 0) is 37.9 Å². The minimum absolute atomic E-state index is 0.811. The van der Waals surface area contributed by atoms with Crippen molar-refractivity contribution in [2.45, 2.75) is 59.4 Å². The zero-order valence-corrected chi connectivity index (χ0v) is 13.4. The highest BCUT2D eigenvalue weighted by Gasteiger charge is 2.07. The summed E-state index contributed by atoms with van der Waals surface area (Å²) in [6.07, 6.45) is 6.01. The number of rotatable bonds is 11.